The maximum Gasteiger partial charge on any atom is 0.122 e. The van der Waals surface area contributed by atoms with E-state index in [0.29, 0.717) is 6.54 Å². The molecule has 0 spiro atoms. The SMILES string of the molecule is N=C(N)c1ccc(CCCN)cc1. The fraction of sp³-hybridized carbons (Fsp3) is 0.300. The van der Waals surface area contributed by atoms with Gasteiger partial charge in [0.05, 0.1) is 0 Å². The van der Waals surface area contributed by atoms with E-state index in [0.717, 1.165) is 18.4 Å². The third-order valence-corrected chi connectivity index (χ3v) is 1.93. The minimum Gasteiger partial charge on any atom is -0.384 e. The Morgan fingerprint density at radius 1 is 1.23 bits per heavy atom. The highest BCUT2D eigenvalue weighted by Crippen LogP contribution is 2.05. The van der Waals surface area contributed by atoms with E-state index < -0.39 is 0 Å². The first-order valence-electron chi connectivity index (χ1n) is 4.37. The second kappa shape index (κ2) is 4.62. The lowest BCUT2D eigenvalue weighted by Crippen LogP contribution is -2.10. The third kappa shape index (κ3) is 2.87. The van der Waals surface area contributed by atoms with Crippen LogP contribution in [0.25, 0.3) is 0 Å². The van der Waals surface area contributed by atoms with Gasteiger partial charge in [0, 0.05) is 5.56 Å². The van der Waals surface area contributed by atoms with Crippen molar-refractivity contribution in [3.63, 3.8) is 0 Å². The van der Waals surface area contributed by atoms with Gasteiger partial charge in [-0.05, 0) is 24.9 Å². The van der Waals surface area contributed by atoms with Crippen molar-refractivity contribution in [2.75, 3.05) is 6.54 Å². The fourth-order valence-electron chi connectivity index (χ4n) is 1.16. The van der Waals surface area contributed by atoms with Crippen molar-refractivity contribution in [2.24, 2.45) is 11.5 Å². The van der Waals surface area contributed by atoms with E-state index in [-0.39, 0.29) is 5.84 Å². The second-order valence-corrected chi connectivity index (χ2v) is 3.00. The Labute approximate surface area is 78.3 Å². The van der Waals surface area contributed by atoms with Crippen molar-refractivity contribution in [3.05, 3.63) is 35.4 Å². The summed E-state index contributed by atoms with van der Waals surface area (Å²) in [5.41, 5.74) is 12.7. The van der Waals surface area contributed by atoms with Crippen LogP contribution in [0, 0.1) is 5.41 Å². The quantitative estimate of drug-likeness (QED) is 0.471. The molecule has 0 aromatic heterocycles. The molecule has 13 heavy (non-hydrogen) atoms. The summed E-state index contributed by atoms with van der Waals surface area (Å²) in [6.45, 7) is 0.717. The van der Waals surface area contributed by atoms with Crippen LogP contribution in [0.4, 0.5) is 0 Å². The van der Waals surface area contributed by atoms with Crippen molar-refractivity contribution in [2.45, 2.75) is 12.8 Å². The molecule has 0 aliphatic carbocycles. The molecule has 0 unspecified atom stereocenters. The Balaban J connectivity index is 2.64. The Morgan fingerprint density at radius 3 is 2.31 bits per heavy atom. The summed E-state index contributed by atoms with van der Waals surface area (Å²) in [5, 5.41) is 7.20. The molecule has 0 aliphatic heterocycles. The molecule has 1 aromatic rings. The summed E-state index contributed by atoms with van der Waals surface area (Å²) in [6, 6.07) is 7.72. The van der Waals surface area contributed by atoms with E-state index in [1.165, 1.54) is 5.56 Å². The molecule has 0 bridgehead atoms. The standard InChI is InChI=1S/C10H15N3/c11-7-1-2-8-3-5-9(6-4-8)10(12)13/h3-6H,1-2,7,11H2,(H3,12,13). The molecule has 5 N–H and O–H groups in total. The summed E-state index contributed by atoms with van der Waals surface area (Å²) in [4.78, 5) is 0. The number of benzene rings is 1. The van der Waals surface area contributed by atoms with Crippen LogP contribution in [-0.4, -0.2) is 12.4 Å². The average molecular weight is 177 g/mol. The van der Waals surface area contributed by atoms with Gasteiger partial charge < -0.3 is 11.5 Å². The predicted octanol–water partition coefficient (Wildman–Crippen LogP) is 0.862. The van der Waals surface area contributed by atoms with E-state index in [2.05, 4.69) is 0 Å². The first kappa shape index (κ1) is 9.74. The van der Waals surface area contributed by atoms with Crippen LogP contribution in [-0.2, 0) is 6.42 Å². The van der Waals surface area contributed by atoms with Crippen LogP contribution in [0.1, 0.15) is 17.5 Å². The molecule has 0 amide bonds. The number of rotatable bonds is 4. The summed E-state index contributed by atoms with van der Waals surface area (Å²) < 4.78 is 0. The molecule has 0 radical (unpaired) electrons. The lowest BCUT2D eigenvalue weighted by molar-refractivity contribution is 0.832. The highest BCUT2D eigenvalue weighted by Gasteiger charge is 1.96. The van der Waals surface area contributed by atoms with E-state index in [1.54, 1.807) is 0 Å². The van der Waals surface area contributed by atoms with Gasteiger partial charge in [-0.25, -0.2) is 0 Å². The minimum absolute atomic E-state index is 0.116. The number of hydrogen-bond donors (Lipinski definition) is 3. The third-order valence-electron chi connectivity index (χ3n) is 1.93. The number of aryl methyl sites for hydroxylation is 1. The van der Waals surface area contributed by atoms with Crippen LogP contribution >= 0.6 is 0 Å². The number of nitrogen functional groups attached to an aromatic ring is 1. The summed E-state index contributed by atoms with van der Waals surface area (Å²) in [5.74, 6) is 0.116. The molecule has 3 heteroatoms. The van der Waals surface area contributed by atoms with Crippen molar-refractivity contribution >= 4 is 5.84 Å². The number of nitrogens with two attached hydrogens (primary N) is 2. The van der Waals surface area contributed by atoms with Gasteiger partial charge >= 0.3 is 0 Å². The largest absolute Gasteiger partial charge is 0.384 e. The first-order chi connectivity index (χ1) is 6.24. The molecule has 1 aromatic carbocycles. The van der Waals surface area contributed by atoms with Gasteiger partial charge in [-0.2, -0.15) is 0 Å². The zero-order chi connectivity index (χ0) is 9.68. The zero-order valence-electron chi connectivity index (χ0n) is 7.59. The molecular weight excluding hydrogens is 162 g/mol. The Bertz CT molecular complexity index is 277. The van der Waals surface area contributed by atoms with Gasteiger partial charge in [0.25, 0.3) is 0 Å². The smallest absolute Gasteiger partial charge is 0.122 e. The van der Waals surface area contributed by atoms with Gasteiger partial charge in [-0.1, -0.05) is 24.3 Å². The Hall–Kier alpha value is -1.35. The van der Waals surface area contributed by atoms with Crippen molar-refractivity contribution in [1.82, 2.24) is 0 Å². The topological polar surface area (TPSA) is 75.9 Å². The molecule has 0 saturated carbocycles. The number of amidine groups is 1. The van der Waals surface area contributed by atoms with E-state index in [1.807, 2.05) is 24.3 Å². The summed E-state index contributed by atoms with van der Waals surface area (Å²) in [7, 11) is 0. The Morgan fingerprint density at radius 2 is 1.85 bits per heavy atom. The van der Waals surface area contributed by atoms with Crippen LogP contribution in [0.5, 0.6) is 0 Å². The van der Waals surface area contributed by atoms with Gasteiger partial charge in [0.1, 0.15) is 5.84 Å². The molecular formula is C10H15N3. The normalized spacial score (nSPS) is 9.92. The maximum absolute atomic E-state index is 7.20. The van der Waals surface area contributed by atoms with Gasteiger partial charge in [-0.15, -0.1) is 0 Å². The summed E-state index contributed by atoms with van der Waals surface area (Å²) >= 11 is 0. The highest BCUT2D eigenvalue weighted by atomic mass is 14.7. The maximum atomic E-state index is 7.20. The van der Waals surface area contributed by atoms with Crippen LogP contribution in [0.15, 0.2) is 24.3 Å². The fourth-order valence-corrected chi connectivity index (χ4v) is 1.16. The minimum atomic E-state index is 0.116. The first-order valence-corrected chi connectivity index (χ1v) is 4.37. The van der Waals surface area contributed by atoms with Crippen molar-refractivity contribution < 1.29 is 0 Å². The monoisotopic (exact) mass is 177 g/mol. The number of nitrogens with one attached hydrogen (secondary N) is 1. The summed E-state index contributed by atoms with van der Waals surface area (Å²) in [6.07, 6.45) is 1.99. The lowest BCUT2D eigenvalue weighted by Gasteiger charge is -2.01. The molecule has 0 saturated heterocycles. The molecule has 3 nitrogen and oxygen atoms in total. The Kier molecular flexibility index (Phi) is 3.46. The van der Waals surface area contributed by atoms with Crippen LogP contribution in [0.2, 0.25) is 0 Å². The van der Waals surface area contributed by atoms with Crippen LogP contribution in [0.3, 0.4) is 0 Å². The van der Waals surface area contributed by atoms with Crippen molar-refractivity contribution in [1.29, 1.82) is 5.41 Å². The molecule has 0 fully saturated rings. The van der Waals surface area contributed by atoms with E-state index in [4.69, 9.17) is 16.9 Å². The van der Waals surface area contributed by atoms with Gasteiger partial charge in [0.2, 0.25) is 0 Å². The average Bonchev–Trinajstić information content (AvgIpc) is 2.15. The lowest BCUT2D eigenvalue weighted by atomic mass is 10.1. The molecule has 70 valence electrons. The second-order valence-electron chi connectivity index (χ2n) is 3.00. The van der Waals surface area contributed by atoms with Gasteiger partial charge in [0.15, 0.2) is 0 Å². The predicted molar refractivity (Wildman–Crippen MR) is 54.8 cm³/mol. The van der Waals surface area contributed by atoms with Crippen molar-refractivity contribution in [3.8, 4) is 0 Å². The molecule has 0 heterocycles. The molecule has 0 aliphatic rings. The molecule has 1 rings (SSSR count). The highest BCUT2D eigenvalue weighted by molar-refractivity contribution is 5.94. The van der Waals surface area contributed by atoms with E-state index in [9.17, 15) is 0 Å². The zero-order valence-corrected chi connectivity index (χ0v) is 7.59. The molecule has 0 atom stereocenters. The number of hydrogen-bond acceptors (Lipinski definition) is 2. The van der Waals surface area contributed by atoms with Crippen LogP contribution < -0.4 is 11.5 Å². The van der Waals surface area contributed by atoms with Gasteiger partial charge in [-0.3, -0.25) is 5.41 Å². The van der Waals surface area contributed by atoms with E-state index >= 15 is 0 Å².